The van der Waals surface area contributed by atoms with Crippen molar-refractivity contribution in [1.29, 1.82) is 0 Å². The molecule has 0 aliphatic rings. The molecule has 0 radical (unpaired) electrons. The monoisotopic (exact) mass is 253 g/mol. The molecule has 102 valence electrons. The Labute approximate surface area is 108 Å². The summed E-state index contributed by atoms with van der Waals surface area (Å²) in [6.07, 6.45) is 0.498. The van der Waals surface area contributed by atoms with Crippen LogP contribution in [0, 0.1) is 13.8 Å². The predicted octanol–water partition coefficient (Wildman–Crippen LogP) is 1.90. The fourth-order valence-electron chi connectivity index (χ4n) is 2.39. The Morgan fingerprint density at radius 2 is 2.22 bits per heavy atom. The van der Waals surface area contributed by atoms with Gasteiger partial charge in [0.1, 0.15) is 5.54 Å². The molecule has 2 N–H and O–H groups in total. The van der Waals surface area contributed by atoms with Crippen LogP contribution in [0.25, 0.3) is 0 Å². The van der Waals surface area contributed by atoms with Gasteiger partial charge in [-0.05, 0) is 46.7 Å². The van der Waals surface area contributed by atoms with Gasteiger partial charge in [0.25, 0.3) is 0 Å². The summed E-state index contributed by atoms with van der Waals surface area (Å²) >= 11 is 0. The molecule has 0 aromatic carbocycles. The molecule has 0 bridgehead atoms. The van der Waals surface area contributed by atoms with Crippen LogP contribution in [0.2, 0.25) is 0 Å². The molecule has 5 nitrogen and oxygen atoms in total. The summed E-state index contributed by atoms with van der Waals surface area (Å²) in [7, 11) is 0. The van der Waals surface area contributed by atoms with Crippen LogP contribution in [0.15, 0.2) is 6.07 Å². The molecule has 1 aromatic heterocycles. The van der Waals surface area contributed by atoms with E-state index in [-0.39, 0.29) is 6.04 Å². The second-order valence-electron chi connectivity index (χ2n) is 5.09. The highest BCUT2D eigenvalue weighted by Crippen LogP contribution is 2.22. The number of nitrogens with one attached hydrogen (secondary N) is 1. The van der Waals surface area contributed by atoms with Crippen molar-refractivity contribution in [2.45, 2.75) is 52.6 Å². The average molecular weight is 253 g/mol. The first kappa shape index (κ1) is 14.7. The van der Waals surface area contributed by atoms with Gasteiger partial charge < -0.3 is 10.4 Å². The van der Waals surface area contributed by atoms with Gasteiger partial charge in [-0.1, -0.05) is 6.92 Å². The number of nitrogens with zero attached hydrogens (tertiary/aromatic N) is 2. The Kier molecular flexibility index (Phi) is 4.51. The van der Waals surface area contributed by atoms with E-state index in [1.165, 1.54) is 0 Å². The zero-order chi connectivity index (χ0) is 13.9. The van der Waals surface area contributed by atoms with Crippen LogP contribution in [0.5, 0.6) is 0 Å². The molecule has 0 saturated heterocycles. The van der Waals surface area contributed by atoms with Crippen molar-refractivity contribution in [1.82, 2.24) is 15.1 Å². The number of likely N-dealkylation sites (N-methyl/N-ethyl adjacent to an activating group) is 1. The Morgan fingerprint density at radius 3 is 2.61 bits per heavy atom. The molecule has 2 unspecified atom stereocenters. The SMILES string of the molecule is CCNC(C)(CC(C)n1nc(C)cc1C)C(=O)O. The first-order valence-corrected chi connectivity index (χ1v) is 6.31. The Balaban J connectivity index is 2.88. The van der Waals surface area contributed by atoms with Gasteiger partial charge in [0.15, 0.2) is 0 Å². The Hall–Kier alpha value is -1.36. The lowest BCUT2D eigenvalue weighted by atomic mass is 9.93. The van der Waals surface area contributed by atoms with Crippen molar-refractivity contribution in [2.75, 3.05) is 6.54 Å². The van der Waals surface area contributed by atoms with Crippen LogP contribution < -0.4 is 5.32 Å². The summed E-state index contributed by atoms with van der Waals surface area (Å²) in [6, 6.07) is 2.04. The summed E-state index contributed by atoms with van der Waals surface area (Å²) in [6.45, 7) is 10.2. The number of aryl methyl sites for hydroxylation is 2. The van der Waals surface area contributed by atoms with Crippen LogP contribution >= 0.6 is 0 Å². The largest absolute Gasteiger partial charge is 0.480 e. The molecule has 0 saturated carbocycles. The molecule has 18 heavy (non-hydrogen) atoms. The lowest BCUT2D eigenvalue weighted by Gasteiger charge is -2.29. The molecule has 0 amide bonds. The maximum absolute atomic E-state index is 11.4. The maximum Gasteiger partial charge on any atom is 0.323 e. The van der Waals surface area contributed by atoms with Gasteiger partial charge in [0, 0.05) is 5.69 Å². The second-order valence-corrected chi connectivity index (χ2v) is 5.09. The van der Waals surface area contributed by atoms with Gasteiger partial charge in [-0.2, -0.15) is 5.10 Å². The average Bonchev–Trinajstić information content (AvgIpc) is 2.57. The summed E-state index contributed by atoms with van der Waals surface area (Å²) in [5.41, 5.74) is 1.10. The van der Waals surface area contributed by atoms with Crippen molar-refractivity contribution in [3.05, 3.63) is 17.5 Å². The number of hydrogen-bond acceptors (Lipinski definition) is 3. The highest BCUT2D eigenvalue weighted by atomic mass is 16.4. The lowest BCUT2D eigenvalue weighted by Crippen LogP contribution is -2.50. The molecule has 1 rings (SSSR count). The first-order valence-electron chi connectivity index (χ1n) is 6.31. The number of carboxylic acids is 1. The molecular formula is C13H23N3O2. The molecule has 1 aromatic rings. The van der Waals surface area contributed by atoms with Crippen LogP contribution in [0.3, 0.4) is 0 Å². The normalized spacial score (nSPS) is 16.3. The summed E-state index contributed by atoms with van der Waals surface area (Å²) < 4.78 is 1.90. The van der Waals surface area contributed by atoms with Gasteiger partial charge in [-0.15, -0.1) is 0 Å². The van der Waals surface area contributed by atoms with Crippen LogP contribution in [0.4, 0.5) is 0 Å². The minimum atomic E-state index is -0.916. The van der Waals surface area contributed by atoms with Gasteiger partial charge in [-0.25, -0.2) is 0 Å². The quantitative estimate of drug-likeness (QED) is 0.812. The first-order chi connectivity index (χ1) is 8.30. The minimum Gasteiger partial charge on any atom is -0.480 e. The topological polar surface area (TPSA) is 67.2 Å². The van der Waals surface area contributed by atoms with Crippen molar-refractivity contribution < 1.29 is 9.90 Å². The number of carbonyl (C=O) groups is 1. The molecule has 0 aliphatic carbocycles. The van der Waals surface area contributed by atoms with E-state index in [1.807, 2.05) is 38.4 Å². The van der Waals surface area contributed by atoms with E-state index < -0.39 is 11.5 Å². The third-order valence-corrected chi connectivity index (χ3v) is 3.20. The molecule has 0 spiro atoms. The third kappa shape index (κ3) is 3.10. The fourth-order valence-corrected chi connectivity index (χ4v) is 2.39. The van der Waals surface area contributed by atoms with Gasteiger partial charge >= 0.3 is 5.97 Å². The molecule has 0 fully saturated rings. The number of carboxylic acid groups (broad SMARTS) is 1. The highest BCUT2D eigenvalue weighted by molar-refractivity contribution is 5.78. The lowest BCUT2D eigenvalue weighted by molar-refractivity contribution is -0.144. The Morgan fingerprint density at radius 1 is 1.61 bits per heavy atom. The fraction of sp³-hybridized carbons (Fsp3) is 0.692. The van der Waals surface area contributed by atoms with E-state index in [0.717, 1.165) is 11.4 Å². The minimum absolute atomic E-state index is 0.0406. The van der Waals surface area contributed by atoms with Crippen LogP contribution in [0.1, 0.15) is 44.6 Å². The zero-order valence-corrected chi connectivity index (χ0v) is 11.8. The van der Waals surface area contributed by atoms with Crippen LogP contribution in [-0.4, -0.2) is 32.9 Å². The van der Waals surface area contributed by atoms with E-state index >= 15 is 0 Å². The summed E-state index contributed by atoms with van der Waals surface area (Å²) in [4.78, 5) is 11.4. The van der Waals surface area contributed by atoms with Crippen molar-refractivity contribution in [3.8, 4) is 0 Å². The molecule has 1 heterocycles. The smallest absolute Gasteiger partial charge is 0.323 e. The molecule has 0 aliphatic heterocycles. The van der Waals surface area contributed by atoms with E-state index in [1.54, 1.807) is 6.92 Å². The number of aromatic nitrogens is 2. The van der Waals surface area contributed by atoms with Gasteiger partial charge in [0.05, 0.1) is 11.7 Å². The van der Waals surface area contributed by atoms with Gasteiger partial charge in [-0.3, -0.25) is 9.48 Å². The molecular weight excluding hydrogens is 230 g/mol. The van der Waals surface area contributed by atoms with Crippen molar-refractivity contribution in [3.63, 3.8) is 0 Å². The van der Waals surface area contributed by atoms with E-state index in [2.05, 4.69) is 10.4 Å². The summed E-state index contributed by atoms with van der Waals surface area (Å²) in [5, 5.41) is 16.8. The zero-order valence-electron chi connectivity index (χ0n) is 11.8. The number of rotatable bonds is 6. The molecule has 2 atom stereocenters. The maximum atomic E-state index is 11.4. The molecule has 5 heteroatoms. The summed E-state index contributed by atoms with van der Waals surface area (Å²) in [5.74, 6) is -0.822. The third-order valence-electron chi connectivity index (χ3n) is 3.20. The van der Waals surface area contributed by atoms with E-state index in [4.69, 9.17) is 0 Å². The number of aliphatic carboxylic acids is 1. The Bertz CT molecular complexity index is 428. The van der Waals surface area contributed by atoms with Crippen LogP contribution in [-0.2, 0) is 4.79 Å². The van der Waals surface area contributed by atoms with Gasteiger partial charge in [0.2, 0.25) is 0 Å². The standard InChI is InChI=1S/C13H23N3O2/c1-6-14-13(5,12(17)18)8-11(4)16-10(3)7-9(2)15-16/h7,11,14H,6,8H2,1-5H3,(H,17,18). The van der Waals surface area contributed by atoms with E-state index in [0.29, 0.717) is 13.0 Å². The number of hydrogen-bond donors (Lipinski definition) is 2. The highest BCUT2D eigenvalue weighted by Gasteiger charge is 2.34. The van der Waals surface area contributed by atoms with E-state index in [9.17, 15) is 9.90 Å². The van der Waals surface area contributed by atoms with Crippen molar-refractivity contribution >= 4 is 5.97 Å². The predicted molar refractivity (Wildman–Crippen MR) is 70.7 cm³/mol. The second kappa shape index (κ2) is 5.52. The van der Waals surface area contributed by atoms with Crippen molar-refractivity contribution in [2.24, 2.45) is 0 Å².